The van der Waals surface area contributed by atoms with E-state index in [1.165, 1.54) is 20.3 Å². The van der Waals surface area contributed by atoms with E-state index in [9.17, 15) is 18.7 Å². The van der Waals surface area contributed by atoms with Crippen LogP contribution in [0.2, 0.25) is 0 Å². The molecule has 1 N–H and O–H groups in total. The Morgan fingerprint density at radius 2 is 1.70 bits per heavy atom. The molecule has 144 valence electrons. The third kappa shape index (κ3) is 4.43. The molecular weight excluding hydrogens is 358 g/mol. The van der Waals surface area contributed by atoms with Crippen LogP contribution in [0.4, 0.5) is 8.78 Å². The minimum Gasteiger partial charge on any atom is -0.507 e. The molecular formula is C20H20F2O5. The lowest BCUT2D eigenvalue weighted by Gasteiger charge is -2.18. The fraction of sp³-hybridized carbons (Fsp3) is 0.250. The van der Waals surface area contributed by atoms with Gasteiger partial charge in [0.05, 0.1) is 7.11 Å². The topological polar surface area (TPSA) is 65.0 Å². The normalized spacial score (nSPS) is 11.0. The monoisotopic (exact) mass is 378 g/mol. The van der Waals surface area contributed by atoms with Gasteiger partial charge in [0.25, 0.3) is 0 Å². The van der Waals surface area contributed by atoms with Crippen molar-refractivity contribution in [3.05, 3.63) is 58.2 Å². The van der Waals surface area contributed by atoms with Crippen LogP contribution < -0.4 is 9.47 Å². The van der Waals surface area contributed by atoms with Gasteiger partial charge in [-0.25, -0.2) is 8.78 Å². The fourth-order valence-corrected chi connectivity index (χ4v) is 2.72. The Bertz CT molecular complexity index is 870. The van der Waals surface area contributed by atoms with E-state index in [0.717, 1.165) is 24.3 Å². The first-order valence-electron chi connectivity index (χ1n) is 8.00. The molecule has 2 aromatic carbocycles. The van der Waals surface area contributed by atoms with Crippen molar-refractivity contribution in [2.45, 2.75) is 13.8 Å². The van der Waals surface area contributed by atoms with Gasteiger partial charge in [-0.2, -0.15) is 0 Å². The molecule has 27 heavy (non-hydrogen) atoms. The van der Waals surface area contributed by atoms with Gasteiger partial charge in [0.2, 0.25) is 0 Å². The molecule has 0 aliphatic rings. The van der Waals surface area contributed by atoms with E-state index >= 15 is 0 Å². The van der Waals surface area contributed by atoms with Crippen LogP contribution in [0, 0.1) is 25.5 Å². The van der Waals surface area contributed by atoms with E-state index in [0.29, 0.717) is 16.9 Å². The molecule has 0 aliphatic heterocycles. The molecule has 0 heterocycles. The molecule has 2 aromatic rings. The number of ether oxygens (including phenoxy) is 3. The molecule has 0 saturated heterocycles. The van der Waals surface area contributed by atoms with Crippen LogP contribution in [0.5, 0.6) is 17.2 Å². The second kappa shape index (κ2) is 8.64. The maximum atomic E-state index is 13.3. The lowest BCUT2D eigenvalue weighted by Crippen LogP contribution is -2.08. The van der Waals surface area contributed by atoms with Gasteiger partial charge in [-0.15, -0.1) is 0 Å². The van der Waals surface area contributed by atoms with Crippen LogP contribution in [0.25, 0.3) is 6.08 Å². The maximum absolute atomic E-state index is 13.3. The molecule has 0 aliphatic carbocycles. The summed E-state index contributed by atoms with van der Waals surface area (Å²) >= 11 is 0. The highest BCUT2D eigenvalue weighted by Gasteiger charge is 2.24. The number of hydrogen-bond donors (Lipinski definition) is 1. The average molecular weight is 378 g/mol. The number of carbonyl (C=O) groups excluding carboxylic acids is 1. The average Bonchev–Trinajstić information content (AvgIpc) is 2.61. The Morgan fingerprint density at radius 3 is 2.26 bits per heavy atom. The molecule has 0 amide bonds. The SMILES string of the molecule is COCOc1c(C)c(O)c(C(=O)C=Cc2cc(F)cc(F)c2)c(OC)c1C. The van der Waals surface area contributed by atoms with Crippen LogP contribution in [-0.4, -0.2) is 31.9 Å². The van der Waals surface area contributed by atoms with Crippen molar-refractivity contribution in [2.75, 3.05) is 21.0 Å². The van der Waals surface area contributed by atoms with Gasteiger partial charge in [-0.3, -0.25) is 4.79 Å². The Hall–Kier alpha value is -2.93. The number of hydrogen-bond acceptors (Lipinski definition) is 5. The van der Waals surface area contributed by atoms with Gasteiger partial charge < -0.3 is 19.3 Å². The summed E-state index contributed by atoms with van der Waals surface area (Å²) < 4.78 is 42.1. The summed E-state index contributed by atoms with van der Waals surface area (Å²) in [5, 5.41) is 10.5. The standard InChI is InChI=1S/C20H20F2O5/c1-11-18(24)17(20(26-4)12(2)19(11)27-10-25-3)16(23)6-5-13-7-14(21)9-15(22)8-13/h5-9,24H,10H2,1-4H3. The third-order valence-corrected chi connectivity index (χ3v) is 3.92. The van der Waals surface area contributed by atoms with Crippen molar-refractivity contribution in [3.63, 3.8) is 0 Å². The summed E-state index contributed by atoms with van der Waals surface area (Å²) in [5.74, 6) is -1.91. The number of phenols is 1. The zero-order valence-electron chi connectivity index (χ0n) is 15.4. The van der Waals surface area contributed by atoms with E-state index in [-0.39, 0.29) is 29.4 Å². The first-order chi connectivity index (χ1) is 12.8. The predicted molar refractivity (Wildman–Crippen MR) is 96.4 cm³/mol. The molecule has 0 bridgehead atoms. The molecule has 0 atom stereocenters. The van der Waals surface area contributed by atoms with Crippen LogP contribution in [-0.2, 0) is 4.74 Å². The van der Waals surface area contributed by atoms with Crippen LogP contribution in [0.3, 0.4) is 0 Å². The summed E-state index contributed by atoms with van der Waals surface area (Å²) in [7, 11) is 2.82. The van der Waals surface area contributed by atoms with Crippen molar-refractivity contribution in [1.82, 2.24) is 0 Å². The van der Waals surface area contributed by atoms with Crippen molar-refractivity contribution in [3.8, 4) is 17.2 Å². The van der Waals surface area contributed by atoms with Crippen LogP contribution in [0.15, 0.2) is 24.3 Å². The third-order valence-electron chi connectivity index (χ3n) is 3.92. The molecule has 2 rings (SSSR count). The second-order valence-corrected chi connectivity index (χ2v) is 5.79. The number of phenolic OH excluding ortho intramolecular Hbond substituents is 1. The lowest BCUT2D eigenvalue weighted by molar-refractivity contribution is 0.0497. The zero-order chi connectivity index (χ0) is 20.1. The molecule has 5 nitrogen and oxygen atoms in total. The smallest absolute Gasteiger partial charge is 0.193 e. The van der Waals surface area contributed by atoms with Crippen molar-refractivity contribution in [2.24, 2.45) is 0 Å². The summed E-state index contributed by atoms with van der Waals surface area (Å²) in [6.07, 6.45) is 2.37. The number of rotatable bonds is 7. The van der Waals surface area contributed by atoms with Crippen LogP contribution >= 0.6 is 0 Å². The summed E-state index contributed by atoms with van der Waals surface area (Å²) in [4.78, 5) is 12.6. The number of methoxy groups -OCH3 is 2. The maximum Gasteiger partial charge on any atom is 0.193 e. The van der Waals surface area contributed by atoms with Crippen molar-refractivity contribution >= 4 is 11.9 Å². The summed E-state index contributed by atoms with van der Waals surface area (Å²) in [5.41, 5.74) is 0.968. The molecule has 7 heteroatoms. The van der Waals surface area contributed by atoms with E-state index in [1.54, 1.807) is 13.8 Å². The van der Waals surface area contributed by atoms with E-state index in [4.69, 9.17) is 14.2 Å². The molecule has 0 saturated carbocycles. The van der Waals surface area contributed by atoms with E-state index in [1.807, 2.05) is 0 Å². The highest BCUT2D eigenvalue weighted by Crippen LogP contribution is 2.42. The first-order valence-corrected chi connectivity index (χ1v) is 8.00. The van der Waals surface area contributed by atoms with Gasteiger partial charge in [-0.05, 0) is 37.6 Å². The quantitative estimate of drug-likeness (QED) is 0.445. The number of halogens is 2. The Kier molecular flexibility index (Phi) is 6.52. The minimum atomic E-state index is -0.756. The first kappa shape index (κ1) is 20.4. The zero-order valence-corrected chi connectivity index (χ0v) is 15.4. The Balaban J connectivity index is 2.47. The van der Waals surface area contributed by atoms with E-state index < -0.39 is 17.4 Å². The van der Waals surface area contributed by atoms with Crippen molar-refractivity contribution in [1.29, 1.82) is 0 Å². The molecule has 0 radical (unpaired) electrons. The van der Waals surface area contributed by atoms with Crippen molar-refractivity contribution < 1.29 is 32.9 Å². The molecule has 0 aromatic heterocycles. The Morgan fingerprint density at radius 1 is 1.07 bits per heavy atom. The van der Waals surface area contributed by atoms with Crippen LogP contribution in [0.1, 0.15) is 27.0 Å². The fourth-order valence-electron chi connectivity index (χ4n) is 2.72. The molecule has 0 unspecified atom stereocenters. The number of carbonyl (C=O) groups is 1. The number of benzene rings is 2. The molecule has 0 fully saturated rings. The number of ketones is 1. The number of allylic oxidation sites excluding steroid dienone is 1. The van der Waals surface area contributed by atoms with Gasteiger partial charge in [0, 0.05) is 24.3 Å². The van der Waals surface area contributed by atoms with Gasteiger partial charge >= 0.3 is 0 Å². The second-order valence-electron chi connectivity index (χ2n) is 5.79. The number of aromatic hydroxyl groups is 1. The highest BCUT2D eigenvalue weighted by atomic mass is 19.1. The van der Waals surface area contributed by atoms with E-state index in [2.05, 4.69) is 0 Å². The summed E-state index contributed by atoms with van der Waals surface area (Å²) in [6.45, 7) is 3.23. The predicted octanol–water partition coefficient (Wildman–Crippen LogP) is 4.17. The Labute approximate surface area is 155 Å². The van der Waals surface area contributed by atoms with Gasteiger partial charge in [-0.1, -0.05) is 6.08 Å². The van der Waals surface area contributed by atoms with Gasteiger partial charge in [0.1, 0.15) is 34.4 Å². The lowest BCUT2D eigenvalue weighted by atomic mass is 9.98. The largest absolute Gasteiger partial charge is 0.507 e. The minimum absolute atomic E-state index is 0.0391. The summed E-state index contributed by atoms with van der Waals surface area (Å²) in [6, 6.07) is 2.91. The molecule has 0 spiro atoms. The highest BCUT2D eigenvalue weighted by molar-refractivity contribution is 6.11. The van der Waals surface area contributed by atoms with Gasteiger partial charge in [0.15, 0.2) is 12.6 Å².